The maximum atomic E-state index is 3.03. The second-order valence-electron chi connectivity index (χ2n) is 9.59. The van der Waals surface area contributed by atoms with E-state index in [1.165, 1.54) is 0 Å². The minimum atomic E-state index is 0.628. The SMILES string of the molecule is I[C@@]12[C@@H]3[C@@H]4[C@H]5[C@H]6C=C[C@@H]4C6CC34CC3[C@@H](C=C[C@@H]31)[C@]2(I)[C@@H]54. The van der Waals surface area contributed by atoms with Gasteiger partial charge in [0.25, 0.3) is 0 Å². The number of allylic oxidation sites excluding steroid dienone is 4. The molecule has 3 unspecified atom stereocenters. The summed E-state index contributed by atoms with van der Waals surface area (Å²) in [6.07, 6.45) is 13.9. The van der Waals surface area contributed by atoms with Crippen molar-refractivity contribution in [1.82, 2.24) is 0 Å². The molecule has 10 rings (SSSR count). The highest BCUT2D eigenvalue weighted by Crippen LogP contribution is 2.95. The van der Waals surface area contributed by atoms with E-state index in [0.717, 1.165) is 64.6 Å². The molecule has 0 radical (unpaired) electrons. The van der Waals surface area contributed by atoms with Crippen molar-refractivity contribution in [1.29, 1.82) is 0 Å². The van der Waals surface area contributed by atoms with E-state index in [1.807, 2.05) is 0 Å². The molecule has 13 atom stereocenters. The molecule has 8 saturated carbocycles. The van der Waals surface area contributed by atoms with Crippen molar-refractivity contribution in [3.8, 4) is 0 Å². The number of hydrogen-bond acceptors (Lipinski definition) is 0. The normalized spacial score (nSPS) is 84.5. The standard InChI is InChI=1S/C19H18I2/c20-18-11-3-4-12-10(11)6-17-5-9-7-1-2-8(9)14(13(7)15(17)18)16(17)19(12,18)21/h1-4,7-16H,5-6H2/t7-,8+,9?,10?,11+,12-,13+,14-,15-,16+,17?,18-,19+. The van der Waals surface area contributed by atoms with Crippen LogP contribution in [0.2, 0.25) is 0 Å². The Kier molecular flexibility index (Phi) is 1.51. The third-order valence-electron chi connectivity index (χ3n) is 10.0. The summed E-state index contributed by atoms with van der Waals surface area (Å²) in [7, 11) is 0. The fourth-order valence-electron chi connectivity index (χ4n) is 10.4. The largest absolute Gasteiger partial charge is 0.0845 e. The van der Waals surface area contributed by atoms with Gasteiger partial charge in [0.2, 0.25) is 0 Å². The van der Waals surface area contributed by atoms with Crippen molar-refractivity contribution in [3.05, 3.63) is 24.3 Å². The highest BCUT2D eigenvalue weighted by Gasteiger charge is 2.94. The molecule has 0 saturated heterocycles. The fraction of sp³-hybridized carbons (Fsp3) is 0.789. The molecule has 2 heteroatoms. The highest BCUT2D eigenvalue weighted by atomic mass is 127. The quantitative estimate of drug-likeness (QED) is 0.262. The average molecular weight is 500 g/mol. The topological polar surface area (TPSA) is 0 Å². The summed E-state index contributed by atoms with van der Waals surface area (Å²) in [5.41, 5.74) is 0.797. The van der Waals surface area contributed by atoms with Crippen LogP contribution in [-0.4, -0.2) is 6.84 Å². The molecule has 0 aliphatic heterocycles. The second kappa shape index (κ2) is 2.76. The third-order valence-corrected chi connectivity index (χ3v) is 15.6. The zero-order valence-corrected chi connectivity index (χ0v) is 16.1. The van der Waals surface area contributed by atoms with Gasteiger partial charge in [0.15, 0.2) is 0 Å². The first-order valence-corrected chi connectivity index (χ1v) is 11.0. The number of halogens is 2. The Balaban J connectivity index is 1.52. The van der Waals surface area contributed by atoms with Crippen LogP contribution in [0.4, 0.5) is 0 Å². The summed E-state index contributed by atoms with van der Waals surface area (Å²) in [5.74, 6) is 10.3. The lowest BCUT2D eigenvalue weighted by Gasteiger charge is -2.54. The lowest BCUT2D eigenvalue weighted by molar-refractivity contribution is -0.0376. The predicted octanol–water partition coefficient (Wildman–Crippen LogP) is 4.48. The first kappa shape index (κ1) is 11.5. The summed E-state index contributed by atoms with van der Waals surface area (Å²) >= 11 is 6.07. The van der Waals surface area contributed by atoms with Gasteiger partial charge < -0.3 is 0 Å². The lowest BCUT2D eigenvalue weighted by atomic mass is 9.51. The molecular formula is C19H18I2. The van der Waals surface area contributed by atoms with Crippen LogP contribution in [-0.2, 0) is 0 Å². The molecule has 0 amide bonds. The van der Waals surface area contributed by atoms with E-state index < -0.39 is 0 Å². The molecule has 0 aromatic heterocycles. The molecule has 0 aromatic rings. The van der Waals surface area contributed by atoms with E-state index in [-0.39, 0.29) is 0 Å². The fourth-order valence-corrected chi connectivity index (χ4v) is 15.2. The molecule has 13 bridgehead atoms. The summed E-state index contributed by atoms with van der Waals surface area (Å²) < 4.78 is 1.26. The van der Waals surface area contributed by atoms with Gasteiger partial charge in [-0.3, -0.25) is 0 Å². The van der Waals surface area contributed by atoms with E-state index in [2.05, 4.69) is 69.5 Å². The van der Waals surface area contributed by atoms with Crippen molar-refractivity contribution in [2.24, 2.45) is 64.6 Å². The zero-order valence-electron chi connectivity index (χ0n) is 11.8. The van der Waals surface area contributed by atoms with Gasteiger partial charge in [0.05, 0.1) is 0 Å². The van der Waals surface area contributed by atoms with Crippen LogP contribution in [0.5, 0.6) is 0 Å². The van der Waals surface area contributed by atoms with Gasteiger partial charge in [-0.05, 0) is 77.4 Å². The third kappa shape index (κ3) is 0.723. The molecule has 0 heterocycles. The predicted molar refractivity (Wildman–Crippen MR) is 98.3 cm³/mol. The van der Waals surface area contributed by atoms with Crippen LogP contribution in [0.1, 0.15) is 12.8 Å². The Morgan fingerprint density at radius 2 is 1.24 bits per heavy atom. The number of hydrogen-bond donors (Lipinski definition) is 0. The minimum absolute atomic E-state index is 0.628. The Morgan fingerprint density at radius 1 is 0.714 bits per heavy atom. The summed E-state index contributed by atoms with van der Waals surface area (Å²) in [6, 6.07) is 0. The molecule has 10 aliphatic carbocycles. The van der Waals surface area contributed by atoms with E-state index in [4.69, 9.17) is 0 Å². The van der Waals surface area contributed by atoms with Crippen molar-refractivity contribution in [2.75, 3.05) is 0 Å². The first-order valence-electron chi connectivity index (χ1n) is 8.88. The molecule has 10 aliphatic rings. The van der Waals surface area contributed by atoms with E-state index >= 15 is 0 Å². The maximum Gasteiger partial charge on any atom is 0.0478 e. The molecule has 0 aromatic carbocycles. The van der Waals surface area contributed by atoms with Crippen LogP contribution < -0.4 is 0 Å². The number of alkyl halides is 2. The molecule has 0 N–H and O–H groups in total. The molecule has 0 nitrogen and oxygen atoms in total. The minimum Gasteiger partial charge on any atom is -0.0845 e. The summed E-state index contributed by atoms with van der Waals surface area (Å²) in [6.45, 7) is 0. The van der Waals surface area contributed by atoms with Crippen LogP contribution in [0, 0.1) is 64.6 Å². The highest BCUT2D eigenvalue weighted by molar-refractivity contribution is 14.1. The summed E-state index contributed by atoms with van der Waals surface area (Å²) in [5, 5.41) is 0. The first-order chi connectivity index (χ1) is 10.1. The van der Waals surface area contributed by atoms with Crippen LogP contribution in [0.15, 0.2) is 24.3 Å². The van der Waals surface area contributed by atoms with Crippen molar-refractivity contribution >= 4 is 45.2 Å². The van der Waals surface area contributed by atoms with Gasteiger partial charge in [0, 0.05) is 6.84 Å². The van der Waals surface area contributed by atoms with Gasteiger partial charge in [0.1, 0.15) is 0 Å². The van der Waals surface area contributed by atoms with Gasteiger partial charge >= 0.3 is 0 Å². The van der Waals surface area contributed by atoms with Crippen molar-refractivity contribution < 1.29 is 0 Å². The van der Waals surface area contributed by atoms with E-state index in [1.54, 1.807) is 12.8 Å². The monoisotopic (exact) mass is 500 g/mol. The van der Waals surface area contributed by atoms with Gasteiger partial charge in [-0.25, -0.2) is 0 Å². The Hall–Kier alpha value is 0.940. The van der Waals surface area contributed by atoms with Gasteiger partial charge in [-0.15, -0.1) is 0 Å². The van der Waals surface area contributed by atoms with Crippen LogP contribution in [0.3, 0.4) is 0 Å². The van der Waals surface area contributed by atoms with E-state index in [0.29, 0.717) is 6.84 Å². The Bertz CT molecular complexity index is 654. The Labute approximate surface area is 152 Å². The summed E-state index contributed by atoms with van der Waals surface area (Å²) in [4.78, 5) is 0. The lowest BCUT2D eigenvalue weighted by Crippen LogP contribution is -2.57. The molecule has 8 fully saturated rings. The smallest absolute Gasteiger partial charge is 0.0478 e. The molecular weight excluding hydrogens is 482 g/mol. The molecule has 1 spiro atoms. The van der Waals surface area contributed by atoms with Crippen LogP contribution in [0.25, 0.3) is 0 Å². The molecule has 108 valence electrons. The number of rotatable bonds is 0. The van der Waals surface area contributed by atoms with E-state index in [9.17, 15) is 0 Å². The van der Waals surface area contributed by atoms with Crippen molar-refractivity contribution in [3.63, 3.8) is 0 Å². The van der Waals surface area contributed by atoms with Gasteiger partial charge in [-0.1, -0.05) is 69.5 Å². The zero-order chi connectivity index (χ0) is 13.5. The second-order valence-corrected chi connectivity index (χ2v) is 13.2. The Morgan fingerprint density at radius 3 is 1.81 bits per heavy atom. The average Bonchev–Trinajstić information content (AvgIpc) is 3.19. The van der Waals surface area contributed by atoms with Gasteiger partial charge in [-0.2, -0.15) is 0 Å². The maximum absolute atomic E-state index is 3.03. The van der Waals surface area contributed by atoms with Crippen molar-refractivity contribution in [2.45, 2.75) is 19.7 Å². The molecule has 21 heavy (non-hydrogen) atoms. The van der Waals surface area contributed by atoms with Crippen LogP contribution >= 0.6 is 45.2 Å².